The molecule has 2 aromatic carbocycles. The summed E-state index contributed by atoms with van der Waals surface area (Å²) in [6, 6.07) is 14.3. The Labute approximate surface area is 237 Å². The van der Waals surface area contributed by atoms with Gasteiger partial charge in [0.2, 0.25) is 11.8 Å². The Morgan fingerprint density at radius 1 is 1.05 bits per heavy atom. The first-order chi connectivity index (χ1) is 18.9. The lowest BCUT2D eigenvalue weighted by Crippen LogP contribution is -2.40. The molecule has 40 heavy (non-hydrogen) atoms. The number of nitrogens with one attached hydrogen (secondary N) is 2. The fourth-order valence-electron chi connectivity index (χ4n) is 5.22. The van der Waals surface area contributed by atoms with Gasteiger partial charge < -0.3 is 9.64 Å². The third-order valence-corrected chi connectivity index (χ3v) is 8.80. The number of aryl methyl sites for hydroxylation is 2. The van der Waals surface area contributed by atoms with Crippen LogP contribution in [0.1, 0.15) is 48.7 Å². The van der Waals surface area contributed by atoms with Gasteiger partial charge in [-0.15, -0.1) is 0 Å². The number of hydrogen-bond donors (Lipinski definition) is 2. The lowest BCUT2D eigenvalue weighted by Gasteiger charge is -2.27. The maximum Gasteiger partial charge on any atom is 0.254 e. The summed E-state index contributed by atoms with van der Waals surface area (Å²) in [5.41, 5.74) is 4.20. The van der Waals surface area contributed by atoms with Gasteiger partial charge in [0, 0.05) is 36.8 Å². The average molecular weight is 563 g/mol. The van der Waals surface area contributed by atoms with Gasteiger partial charge in [0.1, 0.15) is 6.10 Å². The molecule has 1 saturated heterocycles. The number of anilines is 1. The third-order valence-electron chi connectivity index (χ3n) is 7.41. The van der Waals surface area contributed by atoms with Crippen LogP contribution in [0.2, 0.25) is 0 Å². The average Bonchev–Trinajstić information content (AvgIpc) is 3.08. The summed E-state index contributed by atoms with van der Waals surface area (Å²) >= 11 is 0. The van der Waals surface area contributed by atoms with Crippen molar-refractivity contribution in [1.29, 1.82) is 4.78 Å². The van der Waals surface area contributed by atoms with Crippen LogP contribution in [-0.2, 0) is 9.92 Å². The van der Waals surface area contributed by atoms with Crippen LogP contribution in [0.3, 0.4) is 0 Å². The number of hydrogen-bond acceptors (Lipinski definition) is 7. The normalized spacial score (nSPS) is 21.8. The van der Waals surface area contributed by atoms with E-state index in [1.54, 1.807) is 29.2 Å². The van der Waals surface area contributed by atoms with Gasteiger partial charge >= 0.3 is 0 Å². The quantitative estimate of drug-likeness (QED) is 0.457. The standard InChI is InChI=1S/C30H38N6O3S/c1-20-8-6-9-21(2)27(20)25-17-26-33-29(32-25)34-40(31,38)24-11-7-10-22(16-24)28(37)36-15-14-35(13-12-30(3,4)5)18-23(19-36)39-26/h6-11,16-17,23H,12-15,18-19H2,1-5H3,(H2,31,32,33,34,38)/t23-,40?/m1/s1. The zero-order chi connectivity index (χ0) is 28.7. The van der Waals surface area contributed by atoms with E-state index in [1.807, 2.05) is 32.0 Å². The predicted octanol–water partition coefficient (Wildman–Crippen LogP) is 5.15. The van der Waals surface area contributed by atoms with Gasteiger partial charge in [0.05, 0.1) is 17.1 Å². The number of benzene rings is 2. The van der Waals surface area contributed by atoms with Crippen molar-refractivity contribution in [3.05, 3.63) is 65.2 Å². The van der Waals surface area contributed by atoms with Gasteiger partial charge in [-0.25, -0.2) is 14.0 Å². The molecular formula is C30H38N6O3S. The van der Waals surface area contributed by atoms with Crippen LogP contribution in [-0.4, -0.2) is 68.7 Å². The van der Waals surface area contributed by atoms with Gasteiger partial charge in [0.25, 0.3) is 5.91 Å². The number of rotatable bonds is 3. The van der Waals surface area contributed by atoms with Crippen molar-refractivity contribution in [2.45, 2.75) is 52.0 Å². The molecule has 0 spiro atoms. The summed E-state index contributed by atoms with van der Waals surface area (Å²) < 4.78 is 31.5. The fourth-order valence-corrected chi connectivity index (χ4v) is 6.25. The molecule has 5 rings (SSSR count). The molecule has 1 amide bonds. The van der Waals surface area contributed by atoms with Crippen LogP contribution in [0.4, 0.5) is 5.95 Å². The Morgan fingerprint density at radius 3 is 2.50 bits per heavy atom. The van der Waals surface area contributed by atoms with Crippen LogP contribution >= 0.6 is 0 Å². The Morgan fingerprint density at radius 2 is 1.77 bits per heavy atom. The summed E-state index contributed by atoms with van der Waals surface area (Å²) in [5.74, 6) is 0.184. The predicted molar refractivity (Wildman–Crippen MR) is 157 cm³/mol. The molecule has 0 saturated carbocycles. The molecular weight excluding hydrogens is 524 g/mol. The van der Waals surface area contributed by atoms with Gasteiger partial charge in [-0.3, -0.25) is 14.4 Å². The first-order valence-electron chi connectivity index (χ1n) is 13.7. The lowest BCUT2D eigenvalue weighted by atomic mass is 9.92. The molecule has 6 bridgehead atoms. The van der Waals surface area contributed by atoms with E-state index < -0.39 is 9.92 Å². The second-order valence-electron chi connectivity index (χ2n) is 12.0. The maximum atomic E-state index is 13.7. The van der Waals surface area contributed by atoms with E-state index in [-0.39, 0.29) is 28.3 Å². The van der Waals surface area contributed by atoms with E-state index in [9.17, 15) is 9.00 Å². The van der Waals surface area contributed by atoms with Crippen LogP contribution < -0.4 is 9.46 Å². The Kier molecular flexibility index (Phi) is 7.58. The molecule has 212 valence electrons. The topological polar surface area (TPSA) is 112 Å². The summed E-state index contributed by atoms with van der Waals surface area (Å²) in [4.78, 5) is 27.2. The molecule has 2 N–H and O–H groups in total. The highest BCUT2D eigenvalue weighted by Crippen LogP contribution is 2.30. The van der Waals surface area contributed by atoms with E-state index in [0.717, 1.165) is 36.2 Å². The summed E-state index contributed by atoms with van der Waals surface area (Å²) in [5, 5.41) is 0. The van der Waals surface area contributed by atoms with E-state index >= 15 is 0 Å². The largest absolute Gasteiger partial charge is 0.471 e. The van der Waals surface area contributed by atoms with Gasteiger partial charge in [0.15, 0.2) is 9.92 Å². The Bertz CT molecular complexity index is 1510. The monoisotopic (exact) mass is 562 g/mol. The smallest absolute Gasteiger partial charge is 0.254 e. The minimum atomic E-state index is -3.57. The summed E-state index contributed by atoms with van der Waals surface area (Å²) in [7, 11) is -3.57. The number of amides is 1. The van der Waals surface area contributed by atoms with E-state index in [1.165, 1.54) is 6.07 Å². The van der Waals surface area contributed by atoms with Crippen molar-refractivity contribution < 1.29 is 13.7 Å². The van der Waals surface area contributed by atoms with Gasteiger partial charge in [-0.1, -0.05) is 45.0 Å². The molecule has 3 aromatic rings. The number of nitrogens with zero attached hydrogens (tertiary/aromatic N) is 4. The highest BCUT2D eigenvalue weighted by Gasteiger charge is 2.30. The summed E-state index contributed by atoms with van der Waals surface area (Å²) in [6.07, 6.45) is 0.676. The Balaban J connectivity index is 1.62. The molecule has 2 aliphatic rings. The number of ether oxygens (including phenoxy) is 1. The van der Waals surface area contributed by atoms with Crippen LogP contribution in [0.25, 0.3) is 11.3 Å². The molecule has 9 nitrogen and oxygen atoms in total. The van der Waals surface area contributed by atoms with Crippen molar-refractivity contribution in [2.24, 2.45) is 5.41 Å². The third kappa shape index (κ3) is 6.28. The van der Waals surface area contributed by atoms with Crippen molar-refractivity contribution in [1.82, 2.24) is 19.8 Å². The van der Waals surface area contributed by atoms with Crippen LogP contribution in [0.5, 0.6) is 5.88 Å². The molecule has 2 aliphatic heterocycles. The van der Waals surface area contributed by atoms with Crippen molar-refractivity contribution in [2.75, 3.05) is 37.4 Å². The lowest BCUT2D eigenvalue weighted by molar-refractivity contribution is 0.0690. The Hall–Kier alpha value is -3.50. The molecule has 1 unspecified atom stereocenters. The van der Waals surface area contributed by atoms with Crippen molar-refractivity contribution in [3.63, 3.8) is 0 Å². The van der Waals surface area contributed by atoms with Gasteiger partial charge in [-0.2, -0.15) is 4.98 Å². The minimum absolute atomic E-state index is 0.0428. The second-order valence-corrected chi connectivity index (χ2v) is 13.8. The first-order valence-corrected chi connectivity index (χ1v) is 15.2. The van der Waals surface area contributed by atoms with Crippen LogP contribution in [0.15, 0.2) is 53.4 Å². The summed E-state index contributed by atoms with van der Waals surface area (Å²) in [6.45, 7) is 13.9. The zero-order valence-electron chi connectivity index (χ0n) is 23.9. The minimum Gasteiger partial charge on any atom is -0.471 e. The maximum absolute atomic E-state index is 13.7. The first kappa shape index (κ1) is 28.0. The van der Waals surface area contributed by atoms with E-state index in [2.05, 4.69) is 40.4 Å². The number of fused-ring (bicyclic) bond motifs is 6. The van der Waals surface area contributed by atoms with Crippen molar-refractivity contribution >= 4 is 21.8 Å². The second kappa shape index (κ2) is 10.8. The van der Waals surface area contributed by atoms with E-state index in [0.29, 0.717) is 36.8 Å². The van der Waals surface area contributed by atoms with E-state index in [4.69, 9.17) is 9.52 Å². The zero-order valence-corrected chi connectivity index (χ0v) is 24.7. The number of aromatic nitrogens is 2. The number of carbonyl (C=O) groups is 1. The van der Waals surface area contributed by atoms with Gasteiger partial charge in [-0.05, 0) is 61.6 Å². The fraction of sp³-hybridized carbons (Fsp3) is 0.433. The molecule has 1 aromatic heterocycles. The number of carbonyl (C=O) groups excluding carboxylic acids is 1. The highest BCUT2D eigenvalue weighted by atomic mass is 32.2. The molecule has 10 heteroatoms. The highest BCUT2D eigenvalue weighted by molar-refractivity contribution is 7.93. The van der Waals surface area contributed by atoms with Crippen molar-refractivity contribution in [3.8, 4) is 17.1 Å². The molecule has 0 radical (unpaired) electrons. The molecule has 3 heterocycles. The SMILES string of the molecule is Cc1cccc(C)c1-c1cc2nc(n1)NS(=N)(=O)c1cccc(c1)C(=O)N1CCN(CCC(C)(C)C)C[C@H](C1)O2. The molecule has 2 atom stereocenters. The molecule has 1 fully saturated rings. The molecule has 0 aliphatic carbocycles. The van der Waals surface area contributed by atoms with Crippen LogP contribution in [0, 0.1) is 24.0 Å².